The van der Waals surface area contributed by atoms with E-state index in [1.807, 2.05) is 6.92 Å². The number of aliphatic hydroxyl groups excluding tert-OH is 1. The van der Waals surface area contributed by atoms with Crippen LogP contribution in [0.2, 0.25) is 0 Å². The van der Waals surface area contributed by atoms with Crippen LogP contribution >= 0.6 is 7.82 Å². The highest BCUT2D eigenvalue weighted by Crippen LogP contribution is 2.43. The minimum atomic E-state index is -4.72. The first kappa shape index (κ1) is 48.5. The Hall–Kier alpha value is -1.52. The first-order valence-electron chi connectivity index (χ1n) is 20.1. The quantitative estimate of drug-likeness (QED) is 0.0272. The fourth-order valence-corrected chi connectivity index (χ4v) is 6.50. The molecule has 12 heteroatoms. The molecular weight excluding hydrogens is 661 g/mol. The second kappa shape index (κ2) is 34.6. The predicted molar refractivity (Wildman–Crippen MR) is 199 cm³/mol. The number of carboxylic acid groups (broad SMARTS) is 1. The van der Waals surface area contributed by atoms with Crippen molar-refractivity contribution < 1.29 is 47.8 Å². The molecule has 0 bridgehead atoms. The first-order valence-corrected chi connectivity index (χ1v) is 21.6. The van der Waals surface area contributed by atoms with Crippen molar-refractivity contribution in [1.29, 1.82) is 0 Å². The Labute approximate surface area is 304 Å². The van der Waals surface area contributed by atoms with Gasteiger partial charge in [-0.2, -0.15) is 0 Å². The molecule has 11 nitrogen and oxygen atoms in total. The molecule has 0 rings (SSSR count). The number of aliphatic carboxylic acids is 1. The summed E-state index contributed by atoms with van der Waals surface area (Å²) in [5.74, 6) is -2.40. The number of unbranched alkanes of at least 4 members (excludes halogenated alkanes) is 24. The highest BCUT2D eigenvalue weighted by Gasteiger charge is 2.28. The third-order valence-electron chi connectivity index (χ3n) is 8.90. The van der Waals surface area contributed by atoms with E-state index in [1.165, 1.54) is 122 Å². The van der Waals surface area contributed by atoms with Crippen molar-refractivity contribution in [3.63, 3.8) is 0 Å². The molecular formula is C38H74NO10P. The molecule has 0 heterocycles. The van der Waals surface area contributed by atoms with Crippen LogP contribution in [0, 0.1) is 0 Å². The molecule has 0 aliphatic rings. The minimum absolute atomic E-state index is 0.134. The molecule has 0 saturated carbocycles. The zero-order valence-corrected chi connectivity index (χ0v) is 32.6. The zero-order chi connectivity index (χ0) is 37.1. The summed E-state index contributed by atoms with van der Waals surface area (Å²) in [6.45, 7) is 2.37. The summed E-state index contributed by atoms with van der Waals surface area (Å²) < 4.78 is 26.5. The molecule has 50 heavy (non-hydrogen) atoms. The van der Waals surface area contributed by atoms with Crippen molar-refractivity contribution in [2.24, 2.45) is 0 Å². The lowest BCUT2D eigenvalue weighted by molar-refractivity contribution is -0.147. The molecule has 3 atom stereocenters. The van der Waals surface area contributed by atoms with Crippen LogP contribution in [0.25, 0.3) is 0 Å². The highest BCUT2D eigenvalue weighted by molar-refractivity contribution is 7.47. The van der Waals surface area contributed by atoms with Crippen LogP contribution in [0.4, 0.5) is 0 Å². The van der Waals surface area contributed by atoms with Gasteiger partial charge in [0, 0.05) is 12.8 Å². The monoisotopic (exact) mass is 736 g/mol. The molecule has 0 aromatic carbocycles. The zero-order valence-electron chi connectivity index (χ0n) is 31.7. The minimum Gasteiger partial charge on any atom is -0.480 e. The second-order valence-electron chi connectivity index (χ2n) is 13.8. The first-order chi connectivity index (χ1) is 24.1. The maximum Gasteiger partial charge on any atom is 0.472 e. The van der Waals surface area contributed by atoms with E-state index in [0.29, 0.717) is 12.8 Å². The number of carbonyl (C=O) groups is 3. The van der Waals surface area contributed by atoms with Crippen molar-refractivity contribution in [2.45, 2.75) is 206 Å². The number of rotatable bonds is 38. The lowest BCUT2D eigenvalue weighted by atomic mass is 10.0. The Kier molecular flexibility index (Phi) is 33.5. The van der Waals surface area contributed by atoms with Gasteiger partial charge in [-0.05, 0) is 12.8 Å². The van der Waals surface area contributed by atoms with Gasteiger partial charge in [0.2, 0.25) is 5.91 Å². The SMILES string of the molecule is CCCCCCCCCCCCCCCCCCCCCCCCCC(=O)OCC(O)COP(=O)(O)OCC(NC(=O)CCCCC)C(=O)O. The summed E-state index contributed by atoms with van der Waals surface area (Å²) >= 11 is 0. The van der Waals surface area contributed by atoms with Crippen LogP contribution in [0.3, 0.4) is 0 Å². The Balaban J connectivity index is 3.64. The summed E-state index contributed by atoms with van der Waals surface area (Å²) in [6.07, 6.45) is 31.3. The van der Waals surface area contributed by atoms with Gasteiger partial charge in [-0.1, -0.05) is 168 Å². The number of ether oxygens (including phenoxy) is 1. The molecule has 0 aliphatic carbocycles. The van der Waals surface area contributed by atoms with E-state index in [0.717, 1.165) is 32.1 Å². The predicted octanol–water partition coefficient (Wildman–Crippen LogP) is 9.56. The molecule has 4 N–H and O–H groups in total. The maximum absolute atomic E-state index is 12.1. The molecule has 1 amide bonds. The van der Waals surface area contributed by atoms with Gasteiger partial charge >= 0.3 is 19.8 Å². The van der Waals surface area contributed by atoms with Crippen LogP contribution in [0.15, 0.2) is 0 Å². The normalized spacial score (nSPS) is 13.8. The van der Waals surface area contributed by atoms with Crippen LogP contribution in [-0.4, -0.2) is 64.9 Å². The summed E-state index contributed by atoms with van der Waals surface area (Å²) in [4.78, 5) is 45.0. The Morgan fingerprint density at radius 3 is 1.34 bits per heavy atom. The number of nitrogens with one attached hydrogen (secondary N) is 1. The van der Waals surface area contributed by atoms with Crippen molar-refractivity contribution in [3.05, 3.63) is 0 Å². The lowest BCUT2D eigenvalue weighted by Crippen LogP contribution is -2.43. The van der Waals surface area contributed by atoms with Gasteiger partial charge in [-0.25, -0.2) is 9.36 Å². The van der Waals surface area contributed by atoms with Crippen molar-refractivity contribution in [1.82, 2.24) is 5.32 Å². The smallest absolute Gasteiger partial charge is 0.472 e. The molecule has 0 aromatic rings. The van der Waals surface area contributed by atoms with Crippen molar-refractivity contribution >= 4 is 25.7 Å². The Bertz CT molecular complexity index is 875. The third kappa shape index (κ3) is 33.6. The van der Waals surface area contributed by atoms with E-state index in [4.69, 9.17) is 9.26 Å². The van der Waals surface area contributed by atoms with Gasteiger partial charge in [0.05, 0.1) is 13.2 Å². The van der Waals surface area contributed by atoms with Gasteiger partial charge in [0.25, 0.3) is 0 Å². The highest BCUT2D eigenvalue weighted by atomic mass is 31.2. The number of aliphatic hydroxyl groups is 1. The second-order valence-corrected chi connectivity index (χ2v) is 15.3. The summed E-state index contributed by atoms with van der Waals surface area (Å²) in [6, 6.07) is -1.53. The van der Waals surface area contributed by atoms with Crippen molar-refractivity contribution in [2.75, 3.05) is 19.8 Å². The summed E-state index contributed by atoms with van der Waals surface area (Å²) in [5.41, 5.74) is 0. The van der Waals surface area contributed by atoms with E-state index in [9.17, 15) is 34.1 Å². The van der Waals surface area contributed by atoms with E-state index in [1.54, 1.807) is 0 Å². The molecule has 0 fully saturated rings. The van der Waals surface area contributed by atoms with Crippen LogP contribution in [0.1, 0.15) is 194 Å². The molecule has 0 aromatic heterocycles. The fraction of sp³-hybridized carbons (Fsp3) is 0.921. The lowest BCUT2D eigenvalue weighted by Gasteiger charge is -2.18. The molecule has 3 unspecified atom stereocenters. The van der Waals surface area contributed by atoms with Gasteiger partial charge in [0.15, 0.2) is 6.04 Å². The maximum atomic E-state index is 12.1. The topological polar surface area (TPSA) is 169 Å². The molecule has 0 saturated heterocycles. The molecule has 296 valence electrons. The van der Waals surface area contributed by atoms with Gasteiger partial charge in [0.1, 0.15) is 12.7 Å². The number of esters is 1. The van der Waals surface area contributed by atoms with E-state index in [2.05, 4.69) is 16.8 Å². The fourth-order valence-electron chi connectivity index (χ4n) is 5.73. The molecule has 0 radical (unpaired) electrons. The van der Waals surface area contributed by atoms with E-state index in [-0.39, 0.29) is 12.8 Å². The van der Waals surface area contributed by atoms with Crippen LogP contribution in [-0.2, 0) is 32.7 Å². The molecule has 0 spiro atoms. The van der Waals surface area contributed by atoms with Crippen LogP contribution in [0.5, 0.6) is 0 Å². The van der Waals surface area contributed by atoms with E-state index < -0.39 is 57.6 Å². The number of carbonyl (C=O) groups excluding carboxylic acids is 2. The van der Waals surface area contributed by atoms with Crippen molar-refractivity contribution in [3.8, 4) is 0 Å². The number of phosphoric acid groups is 1. The summed E-state index contributed by atoms with van der Waals surface area (Å²) in [5, 5.41) is 21.5. The van der Waals surface area contributed by atoms with Gasteiger partial charge < -0.3 is 25.2 Å². The summed E-state index contributed by atoms with van der Waals surface area (Å²) in [7, 11) is -4.72. The van der Waals surface area contributed by atoms with Gasteiger partial charge in [-0.3, -0.25) is 18.6 Å². The standard InChI is InChI=1S/C38H74NO10P/c1-3-5-7-8-9-10-11-12-13-14-15-16-17-18-19-20-21-22-23-24-25-26-28-30-37(42)47-31-34(40)32-48-50(45,46)49-33-35(38(43)44)39-36(41)29-27-6-4-2/h34-35,40H,3-33H2,1-2H3,(H,39,41)(H,43,44)(H,45,46). The number of amides is 1. The Morgan fingerprint density at radius 2 is 0.920 bits per heavy atom. The van der Waals surface area contributed by atoms with E-state index >= 15 is 0 Å². The van der Waals surface area contributed by atoms with Gasteiger partial charge in [-0.15, -0.1) is 0 Å². The average molecular weight is 736 g/mol. The number of phosphoric ester groups is 1. The Morgan fingerprint density at radius 1 is 0.560 bits per heavy atom. The molecule has 0 aliphatic heterocycles. The third-order valence-corrected chi connectivity index (χ3v) is 9.85. The van der Waals surface area contributed by atoms with Crippen LogP contribution < -0.4 is 5.32 Å². The number of hydrogen-bond donors (Lipinski definition) is 4. The number of hydrogen-bond acceptors (Lipinski definition) is 8. The number of carboxylic acids is 1. The average Bonchev–Trinajstić information content (AvgIpc) is 3.08. The largest absolute Gasteiger partial charge is 0.480 e.